The number of hydrogen-bond donors (Lipinski definition) is 1. The summed E-state index contributed by atoms with van der Waals surface area (Å²) in [6, 6.07) is 5.82. The number of carbonyl (C=O) groups excluding carboxylic acids is 2. The molecule has 0 saturated carbocycles. The van der Waals surface area contributed by atoms with Gasteiger partial charge in [-0.25, -0.2) is 9.59 Å². The Morgan fingerprint density at radius 3 is 2.77 bits per heavy atom. The number of esters is 1. The predicted molar refractivity (Wildman–Crippen MR) is 101 cm³/mol. The highest BCUT2D eigenvalue weighted by Gasteiger charge is 2.20. The lowest BCUT2D eigenvalue weighted by Crippen LogP contribution is -2.32. The Kier molecular flexibility index (Phi) is 6.83. The van der Waals surface area contributed by atoms with E-state index in [0.29, 0.717) is 18.7 Å². The summed E-state index contributed by atoms with van der Waals surface area (Å²) in [5.41, 5.74) is 2.55. The van der Waals surface area contributed by atoms with E-state index in [9.17, 15) is 9.59 Å². The highest BCUT2D eigenvalue weighted by Crippen LogP contribution is 2.33. The van der Waals surface area contributed by atoms with Crippen molar-refractivity contribution in [1.29, 1.82) is 0 Å². The van der Waals surface area contributed by atoms with Crippen molar-refractivity contribution in [2.75, 3.05) is 13.2 Å². The summed E-state index contributed by atoms with van der Waals surface area (Å²) < 4.78 is 10.3. The number of alkyl carbamates (subject to hydrolysis) is 1. The van der Waals surface area contributed by atoms with Gasteiger partial charge in [-0.15, -0.1) is 0 Å². The van der Waals surface area contributed by atoms with Crippen LogP contribution in [0.4, 0.5) is 4.79 Å². The molecule has 0 radical (unpaired) electrons. The highest BCUT2D eigenvalue weighted by molar-refractivity contribution is 5.89. The maximum Gasteiger partial charge on any atom is 0.407 e. The molecule has 5 heteroatoms. The molecule has 1 N–H and O–H groups in total. The number of allylic oxidation sites excluding steroid dienone is 1. The van der Waals surface area contributed by atoms with Gasteiger partial charge in [0.1, 0.15) is 5.60 Å². The van der Waals surface area contributed by atoms with Gasteiger partial charge in [0.2, 0.25) is 0 Å². The number of amides is 1. The fraction of sp³-hybridized carbons (Fsp3) is 0.524. The number of nitrogens with one attached hydrogen (secondary N) is 1. The van der Waals surface area contributed by atoms with E-state index in [1.165, 1.54) is 11.1 Å². The second-order valence-electron chi connectivity index (χ2n) is 7.44. The maximum atomic E-state index is 12.0. The summed E-state index contributed by atoms with van der Waals surface area (Å²) in [6.07, 6.45) is 6.79. The van der Waals surface area contributed by atoms with Gasteiger partial charge in [0, 0.05) is 12.5 Å². The first-order valence-corrected chi connectivity index (χ1v) is 9.23. The molecule has 1 aliphatic rings. The van der Waals surface area contributed by atoms with Crippen LogP contribution in [0.15, 0.2) is 30.4 Å². The van der Waals surface area contributed by atoms with Gasteiger partial charge in [-0.2, -0.15) is 0 Å². The van der Waals surface area contributed by atoms with Gasteiger partial charge < -0.3 is 14.8 Å². The molecule has 0 saturated heterocycles. The zero-order valence-electron chi connectivity index (χ0n) is 16.1. The molecular formula is C21H29NO4. The molecule has 1 amide bonds. The zero-order valence-corrected chi connectivity index (χ0v) is 16.1. The molecule has 1 unspecified atom stereocenters. The standard InChI is InChI=1S/C21H29NO4/c1-5-25-19(23)17-12-11-16-9-6-8-15(18(16)14-17)10-7-13-22-20(24)26-21(2,3)4/h7,10-12,14-15H,5-6,8-9,13H2,1-4H3,(H,22,24). The van der Waals surface area contributed by atoms with E-state index < -0.39 is 11.7 Å². The third kappa shape index (κ3) is 5.90. The van der Waals surface area contributed by atoms with Crippen molar-refractivity contribution >= 4 is 12.1 Å². The number of ether oxygens (including phenoxy) is 2. The van der Waals surface area contributed by atoms with Crippen LogP contribution in [0.3, 0.4) is 0 Å². The molecule has 0 heterocycles. The third-order valence-corrected chi connectivity index (χ3v) is 4.15. The predicted octanol–water partition coefficient (Wildman–Crippen LogP) is 4.36. The van der Waals surface area contributed by atoms with E-state index in [0.717, 1.165) is 19.3 Å². The molecular weight excluding hydrogens is 330 g/mol. The van der Waals surface area contributed by atoms with Crippen molar-refractivity contribution in [3.05, 3.63) is 47.0 Å². The van der Waals surface area contributed by atoms with Crippen LogP contribution in [0.25, 0.3) is 0 Å². The van der Waals surface area contributed by atoms with Gasteiger partial charge in [0.15, 0.2) is 0 Å². The van der Waals surface area contributed by atoms with Gasteiger partial charge in [-0.05, 0) is 70.2 Å². The molecule has 142 valence electrons. The molecule has 1 aliphatic carbocycles. The summed E-state index contributed by atoms with van der Waals surface area (Å²) in [6.45, 7) is 8.10. The molecule has 1 atom stereocenters. The molecule has 0 spiro atoms. The first kappa shape index (κ1) is 20.0. The van der Waals surface area contributed by atoms with E-state index in [-0.39, 0.29) is 11.9 Å². The quantitative estimate of drug-likeness (QED) is 0.626. The number of fused-ring (bicyclic) bond motifs is 1. The molecule has 26 heavy (non-hydrogen) atoms. The van der Waals surface area contributed by atoms with Crippen LogP contribution in [0, 0.1) is 0 Å². The Labute approximate surface area is 155 Å². The average Bonchev–Trinajstić information content (AvgIpc) is 2.57. The summed E-state index contributed by atoms with van der Waals surface area (Å²) in [4.78, 5) is 23.7. The number of rotatable bonds is 5. The van der Waals surface area contributed by atoms with Crippen molar-refractivity contribution < 1.29 is 19.1 Å². The van der Waals surface area contributed by atoms with Crippen molar-refractivity contribution in [3.63, 3.8) is 0 Å². The van der Waals surface area contributed by atoms with Gasteiger partial charge in [-0.3, -0.25) is 0 Å². The second kappa shape index (κ2) is 8.88. The molecule has 0 aromatic heterocycles. The summed E-state index contributed by atoms with van der Waals surface area (Å²) in [5.74, 6) is -0.0382. The minimum absolute atomic E-state index is 0.244. The van der Waals surface area contributed by atoms with Crippen LogP contribution in [-0.2, 0) is 15.9 Å². The van der Waals surface area contributed by atoms with Crippen LogP contribution in [0.5, 0.6) is 0 Å². The Morgan fingerprint density at radius 1 is 1.31 bits per heavy atom. The van der Waals surface area contributed by atoms with E-state index in [2.05, 4.69) is 11.4 Å². The van der Waals surface area contributed by atoms with Crippen LogP contribution in [0.2, 0.25) is 0 Å². The van der Waals surface area contributed by atoms with Crippen LogP contribution in [0.1, 0.15) is 67.9 Å². The first-order valence-electron chi connectivity index (χ1n) is 9.23. The first-order chi connectivity index (χ1) is 12.3. The summed E-state index contributed by atoms with van der Waals surface area (Å²) >= 11 is 0. The molecule has 0 aliphatic heterocycles. The second-order valence-corrected chi connectivity index (χ2v) is 7.44. The van der Waals surface area contributed by atoms with E-state index in [1.54, 1.807) is 6.92 Å². The Hall–Kier alpha value is -2.30. The molecule has 0 fully saturated rings. The zero-order chi connectivity index (χ0) is 19.2. The Balaban J connectivity index is 2.00. The van der Waals surface area contributed by atoms with E-state index >= 15 is 0 Å². The SMILES string of the molecule is CCOC(=O)c1ccc2c(c1)C(C=CCNC(=O)OC(C)(C)C)CCC2. The van der Waals surface area contributed by atoms with Crippen LogP contribution < -0.4 is 5.32 Å². The molecule has 1 aromatic rings. The number of benzene rings is 1. The lowest BCUT2D eigenvalue weighted by molar-refractivity contribution is 0.0518. The third-order valence-electron chi connectivity index (χ3n) is 4.15. The summed E-state index contributed by atoms with van der Waals surface area (Å²) in [5, 5.41) is 2.73. The van der Waals surface area contributed by atoms with Gasteiger partial charge in [0.25, 0.3) is 0 Å². The number of hydrogen-bond acceptors (Lipinski definition) is 4. The van der Waals surface area contributed by atoms with E-state index in [1.807, 2.05) is 45.0 Å². The lowest BCUT2D eigenvalue weighted by Gasteiger charge is -2.24. The van der Waals surface area contributed by atoms with E-state index in [4.69, 9.17) is 9.47 Å². The minimum atomic E-state index is -0.500. The van der Waals surface area contributed by atoms with Crippen molar-refractivity contribution in [2.24, 2.45) is 0 Å². The molecule has 5 nitrogen and oxygen atoms in total. The number of carbonyl (C=O) groups is 2. The molecule has 0 bridgehead atoms. The molecule has 1 aromatic carbocycles. The van der Waals surface area contributed by atoms with Gasteiger partial charge in [0.05, 0.1) is 12.2 Å². The molecule has 2 rings (SSSR count). The lowest BCUT2D eigenvalue weighted by atomic mass is 9.82. The minimum Gasteiger partial charge on any atom is -0.462 e. The fourth-order valence-electron chi connectivity index (χ4n) is 3.07. The van der Waals surface area contributed by atoms with Crippen molar-refractivity contribution in [3.8, 4) is 0 Å². The Morgan fingerprint density at radius 2 is 2.08 bits per heavy atom. The largest absolute Gasteiger partial charge is 0.462 e. The highest BCUT2D eigenvalue weighted by atomic mass is 16.6. The van der Waals surface area contributed by atoms with Gasteiger partial charge in [-0.1, -0.05) is 18.2 Å². The normalized spacial score (nSPS) is 16.8. The topological polar surface area (TPSA) is 64.6 Å². The van der Waals surface area contributed by atoms with Crippen molar-refractivity contribution in [2.45, 2.75) is 58.5 Å². The van der Waals surface area contributed by atoms with Crippen LogP contribution in [-0.4, -0.2) is 30.8 Å². The maximum absolute atomic E-state index is 12.0. The Bertz CT molecular complexity index is 673. The fourth-order valence-corrected chi connectivity index (χ4v) is 3.07. The summed E-state index contributed by atoms with van der Waals surface area (Å²) in [7, 11) is 0. The van der Waals surface area contributed by atoms with Gasteiger partial charge >= 0.3 is 12.1 Å². The van der Waals surface area contributed by atoms with Crippen LogP contribution >= 0.6 is 0 Å². The average molecular weight is 359 g/mol. The number of aryl methyl sites for hydroxylation is 1. The smallest absolute Gasteiger partial charge is 0.407 e. The monoisotopic (exact) mass is 359 g/mol. The van der Waals surface area contributed by atoms with Crippen molar-refractivity contribution in [1.82, 2.24) is 5.32 Å².